The number of hydrogen-bond donors (Lipinski definition) is 2. The molecule has 2 aromatic carbocycles. The third kappa shape index (κ3) is 8.84. The SMILES string of the molecule is CCNC(=NCc1ccccc1CN1CCOCC1)NCC(c1ccc(F)cc1)N(C)C.I. The molecule has 0 aromatic heterocycles. The zero-order valence-electron chi connectivity index (χ0n) is 19.9. The lowest BCUT2D eigenvalue weighted by molar-refractivity contribution is 0.0341. The minimum Gasteiger partial charge on any atom is -0.379 e. The second-order valence-electron chi connectivity index (χ2n) is 8.26. The quantitative estimate of drug-likeness (QED) is 0.275. The highest BCUT2D eigenvalue weighted by atomic mass is 127. The van der Waals surface area contributed by atoms with Gasteiger partial charge in [0.2, 0.25) is 0 Å². The first-order valence-corrected chi connectivity index (χ1v) is 11.4. The molecule has 1 heterocycles. The third-order valence-corrected chi connectivity index (χ3v) is 5.71. The molecule has 0 bridgehead atoms. The van der Waals surface area contributed by atoms with Crippen LogP contribution in [0.5, 0.6) is 0 Å². The summed E-state index contributed by atoms with van der Waals surface area (Å²) >= 11 is 0. The van der Waals surface area contributed by atoms with E-state index in [1.54, 1.807) is 0 Å². The number of aliphatic imine (C=N–C) groups is 1. The molecule has 3 rings (SSSR count). The number of likely N-dealkylation sites (N-methyl/N-ethyl adjacent to an activating group) is 1. The zero-order valence-corrected chi connectivity index (χ0v) is 22.2. The predicted molar refractivity (Wildman–Crippen MR) is 144 cm³/mol. The normalized spacial score (nSPS) is 15.7. The molecule has 33 heavy (non-hydrogen) atoms. The van der Waals surface area contributed by atoms with Crippen molar-refractivity contribution in [2.45, 2.75) is 26.1 Å². The van der Waals surface area contributed by atoms with E-state index < -0.39 is 0 Å². The highest BCUT2D eigenvalue weighted by Crippen LogP contribution is 2.18. The van der Waals surface area contributed by atoms with E-state index in [-0.39, 0.29) is 35.8 Å². The van der Waals surface area contributed by atoms with Gasteiger partial charge in [-0.1, -0.05) is 36.4 Å². The van der Waals surface area contributed by atoms with E-state index in [1.165, 1.54) is 23.3 Å². The van der Waals surface area contributed by atoms with E-state index >= 15 is 0 Å². The Hall–Kier alpha value is -1.75. The monoisotopic (exact) mass is 569 g/mol. The average molecular weight is 570 g/mol. The second kappa shape index (κ2) is 14.5. The van der Waals surface area contributed by atoms with Crippen molar-refractivity contribution in [3.63, 3.8) is 0 Å². The number of rotatable bonds is 9. The molecule has 0 amide bonds. The number of hydrogen-bond acceptors (Lipinski definition) is 4. The summed E-state index contributed by atoms with van der Waals surface area (Å²) in [6, 6.07) is 15.3. The van der Waals surface area contributed by atoms with Gasteiger partial charge >= 0.3 is 0 Å². The van der Waals surface area contributed by atoms with Crippen LogP contribution in [0, 0.1) is 5.82 Å². The van der Waals surface area contributed by atoms with Crippen molar-refractivity contribution in [2.75, 3.05) is 53.5 Å². The number of ether oxygens (including phenoxy) is 1. The van der Waals surface area contributed by atoms with E-state index in [0.29, 0.717) is 13.1 Å². The molecule has 1 aliphatic rings. The second-order valence-corrected chi connectivity index (χ2v) is 8.26. The Balaban J connectivity index is 0.00000385. The van der Waals surface area contributed by atoms with Crippen LogP contribution in [0.25, 0.3) is 0 Å². The first-order valence-electron chi connectivity index (χ1n) is 11.4. The van der Waals surface area contributed by atoms with Crippen molar-refractivity contribution < 1.29 is 9.13 Å². The molecule has 1 unspecified atom stereocenters. The maximum atomic E-state index is 13.3. The molecule has 1 aliphatic heterocycles. The largest absolute Gasteiger partial charge is 0.379 e. The summed E-state index contributed by atoms with van der Waals surface area (Å²) in [5.74, 6) is 0.562. The Morgan fingerprint density at radius 3 is 2.36 bits per heavy atom. The van der Waals surface area contributed by atoms with Crippen LogP contribution in [0.4, 0.5) is 4.39 Å². The molecular weight excluding hydrogens is 532 g/mol. The molecule has 2 N–H and O–H groups in total. The minimum absolute atomic E-state index is 0. The van der Waals surface area contributed by atoms with E-state index in [2.05, 4.69) is 51.6 Å². The summed E-state index contributed by atoms with van der Waals surface area (Å²) < 4.78 is 18.8. The molecule has 182 valence electrons. The standard InChI is InChI=1S/C25H36FN5O.HI/c1-4-27-25(29-18-24(30(2)3)20-9-11-23(26)12-10-20)28-17-21-7-5-6-8-22(21)19-31-13-15-32-16-14-31;/h5-12,24H,4,13-19H2,1-3H3,(H2,27,28,29);1H. The molecule has 2 aromatic rings. The summed E-state index contributed by atoms with van der Waals surface area (Å²) in [7, 11) is 4.06. The van der Waals surface area contributed by atoms with Gasteiger partial charge in [0.15, 0.2) is 5.96 Å². The number of benzene rings is 2. The van der Waals surface area contributed by atoms with Crippen LogP contribution < -0.4 is 10.6 Å². The molecule has 1 saturated heterocycles. The van der Waals surface area contributed by atoms with Gasteiger partial charge in [-0.05, 0) is 49.8 Å². The van der Waals surface area contributed by atoms with Gasteiger partial charge < -0.3 is 20.3 Å². The minimum atomic E-state index is -0.218. The third-order valence-electron chi connectivity index (χ3n) is 5.71. The van der Waals surface area contributed by atoms with Crippen molar-refractivity contribution in [3.05, 3.63) is 71.0 Å². The van der Waals surface area contributed by atoms with Gasteiger partial charge in [-0.2, -0.15) is 0 Å². The van der Waals surface area contributed by atoms with Crippen LogP contribution in [0.1, 0.15) is 29.7 Å². The van der Waals surface area contributed by atoms with Gasteiger partial charge in [0.25, 0.3) is 0 Å². The molecule has 8 heteroatoms. The van der Waals surface area contributed by atoms with Crippen LogP contribution >= 0.6 is 24.0 Å². The number of nitrogens with zero attached hydrogens (tertiary/aromatic N) is 3. The van der Waals surface area contributed by atoms with Crippen molar-refractivity contribution >= 4 is 29.9 Å². The van der Waals surface area contributed by atoms with Gasteiger partial charge in [0, 0.05) is 32.7 Å². The number of guanidine groups is 1. The molecule has 1 atom stereocenters. The van der Waals surface area contributed by atoms with Crippen LogP contribution in [0.3, 0.4) is 0 Å². The van der Waals surface area contributed by atoms with Crippen LogP contribution in [-0.2, 0) is 17.8 Å². The average Bonchev–Trinajstić information content (AvgIpc) is 2.80. The molecule has 0 radical (unpaired) electrons. The summed E-state index contributed by atoms with van der Waals surface area (Å²) in [5.41, 5.74) is 3.61. The smallest absolute Gasteiger partial charge is 0.191 e. The van der Waals surface area contributed by atoms with E-state index in [0.717, 1.165) is 50.9 Å². The van der Waals surface area contributed by atoms with Crippen molar-refractivity contribution in [1.82, 2.24) is 20.4 Å². The van der Waals surface area contributed by atoms with Gasteiger partial charge in [-0.15, -0.1) is 24.0 Å². The summed E-state index contributed by atoms with van der Waals surface area (Å²) in [6.07, 6.45) is 0. The Morgan fingerprint density at radius 1 is 1.06 bits per heavy atom. The van der Waals surface area contributed by atoms with Gasteiger partial charge in [0.1, 0.15) is 5.82 Å². The van der Waals surface area contributed by atoms with Gasteiger partial charge in [0.05, 0.1) is 25.8 Å². The molecular formula is C25H37FIN5O. The zero-order chi connectivity index (χ0) is 22.8. The number of morpholine rings is 1. The van der Waals surface area contributed by atoms with Crippen molar-refractivity contribution in [2.24, 2.45) is 4.99 Å². The lowest BCUT2D eigenvalue weighted by atomic mass is 10.1. The Kier molecular flexibility index (Phi) is 12.1. The molecule has 0 aliphatic carbocycles. The highest BCUT2D eigenvalue weighted by Gasteiger charge is 2.15. The first kappa shape index (κ1) is 27.5. The Labute approximate surface area is 214 Å². The fraction of sp³-hybridized carbons (Fsp3) is 0.480. The predicted octanol–water partition coefficient (Wildman–Crippen LogP) is 3.63. The molecule has 0 saturated carbocycles. The van der Waals surface area contributed by atoms with E-state index in [4.69, 9.17) is 9.73 Å². The number of halogens is 2. The number of nitrogens with one attached hydrogen (secondary N) is 2. The van der Waals surface area contributed by atoms with Crippen molar-refractivity contribution in [1.29, 1.82) is 0 Å². The fourth-order valence-corrected chi connectivity index (χ4v) is 3.85. The summed E-state index contributed by atoms with van der Waals surface area (Å²) in [4.78, 5) is 9.41. The lowest BCUT2D eigenvalue weighted by Crippen LogP contribution is -2.41. The first-order chi connectivity index (χ1) is 15.6. The topological polar surface area (TPSA) is 52.1 Å². The Morgan fingerprint density at radius 2 is 1.73 bits per heavy atom. The maximum Gasteiger partial charge on any atom is 0.191 e. The van der Waals surface area contributed by atoms with Crippen LogP contribution in [-0.4, -0.2) is 69.2 Å². The maximum absolute atomic E-state index is 13.3. The van der Waals surface area contributed by atoms with Crippen LogP contribution in [0.15, 0.2) is 53.5 Å². The molecule has 6 nitrogen and oxygen atoms in total. The fourth-order valence-electron chi connectivity index (χ4n) is 3.85. The lowest BCUT2D eigenvalue weighted by Gasteiger charge is -2.27. The van der Waals surface area contributed by atoms with Crippen molar-refractivity contribution in [3.8, 4) is 0 Å². The van der Waals surface area contributed by atoms with Gasteiger partial charge in [-0.25, -0.2) is 9.38 Å². The molecule has 1 fully saturated rings. The summed E-state index contributed by atoms with van der Waals surface area (Å²) in [6.45, 7) is 8.59. The summed E-state index contributed by atoms with van der Waals surface area (Å²) in [5, 5.41) is 6.80. The van der Waals surface area contributed by atoms with E-state index in [1.807, 2.05) is 26.2 Å². The van der Waals surface area contributed by atoms with E-state index in [9.17, 15) is 4.39 Å². The highest BCUT2D eigenvalue weighted by molar-refractivity contribution is 14.0. The van der Waals surface area contributed by atoms with Gasteiger partial charge in [-0.3, -0.25) is 4.90 Å². The molecule has 0 spiro atoms. The Bertz CT molecular complexity index is 856. The van der Waals surface area contributed by atoms with Crippen LogP contribution in [0.2, 0.25) is 0 Å².